The van der Waals surface area contributed by atoms with Gasteiger partial charge in [0.2, 0.25) is 26.6 Å². The van der Waals surface area contributed by atoms with Gasteiger partial charge >= 0.3 is 0 Å². The molecule has 1 N–H and O–H groups in total. The summed E-state index contributed by atoms with van der Waals surface area (Å²) in [5.74, 6) is 1.02. The van der Waals surface area contributed by atoms with E-state index < -0.39 is 9.84 Å². The lowest BCUT2D eigenvalue weighted by atomic mass is 10.1. The molecule has 0 amide bonds. The molecule has 0 radical (unpaired) electrons. The summed E-state index contributed by atoms with van der Waals surface area (Å²) in [6.45, 7) is 6.33. The van der Waals surface area contributed by atoms with E-state index in [4.69, 9.17) is 9.15 Å². The minimum Gasteiger partial charge on any atom is -0.494 e. The third-order valence-corrected chi connectivity index (χ3v) is 6.55. The van der Waals surface area contributed by atoms with Crippen LogP contribution in [-0.4, -0.2) is 20.0 Å². The summed E-state index contributed by atoms with van der Waals surface area (Å²) < 4.78 is 38.3. The Morgan fingerprint density at radius 3 is 2.31 bits per heavy atom. The number of benzene rings is 3. The lowest BCUT2D eigenvalue weighted by Gasteiger charge is -2.08. The van der Waals surface area contributed by atoms with E-state index in [0.29, 0.717) is 17.9 Å². The second kappa shape index (κ2) is 8.88. The molecule has 0 saturated heterocycles. The summed E-state index contributed by atoms with van der Waals surface area (Å²) in [4.78, 5) is 4.55. The molecule has 3 aromatic carbocycles. The van der Waals surface area contributed by atoms with Gasteiger partial charge in [0, 0.05) is 11.3 Å². The van der Waals surface area contributed by atoms with Gasteiger partial charge in [0.05, 0.1) is 11.5 Å². The Kier molecular flexibility index (Phi) is 6.01. The number of oxazole rings is 1. The number of hydrogen-bond donors (Lipinski definition) is 1. The molecule has 0 aliphatic rings. The van der Waals surface area contributed by atoms with Crippen LogP contribution in [0.3, 0.4) is 0 Å². The molecule has 7 heteroatoms. The van der Waals surface area contributed by atoms with Crippen molar-refractivity contribution >= 4 is 21.4 Å². The molecule has 0 bridgehead atoms. The van der Waals surface area contributed by atoms with E-state index in [2.05, 4.69) is 10.3 Å². The number of nitrogens with one attached hydrogen (secondary N) is 1. The lowest BCUT2D eigenvalue weighted by molar-refractivity contribution is 0.340. The van der Waals surface area contributed by atoms with Crippen molar-refractivity contribution in [2.75, 3.05) is 11.9 Å². The van der Waals surface area contributed by atoms with Crippen LogP contribution in [0.4, 0.5) is 11.6 Å². The molecule has 4 aromatic rings. The van der Waals surface area contributed by atoms with Gasteiger partial charge in [0.25, 0.3) is 0 Å². The average molecular weight is 449 g/mol. The summed E-state index contributed by atoms with van der Waals surface area (Å²) in [6, 6.07) is 21.4. The van der Waals surface area contributed by atoms with Gasteiger partial charge < -0.3 is 14.5 Å². The molecule has 0 saturated carbocycles. The van der Waals surface area contributed by atoms with Crippen LogP contribution < -0.4 is 10.1 Å². The molecule has 1 aromatic heterocycles. The van der Waals surface area contributed by atoms with Gasteiger partial charge in [0.1, 0.15) is 5.75 Å². The lowest BCUT2D eigenvalue weighted by Crippen LogP contribution is -2.05. The van der Waals surface area contributed by atoms with Crippen molar-refractivity contribution in [2.24, 2.45) is 0 Å². The monoisotopic (exact) mass is 448 g/mol. The highest BCUT2D eigenvalue weighted by Gasteiger charge is 2.28. The van der Waals surface area contributed by atoms with Crippen molar-refractivity contribution in [1.29, 1.82) is 0 Å². The first kappa shape index (κ1) is 21.6. The van der Waals surface area contributed by atoms with Gasteiger partial charge in [-0.15, -0.1) is 0 Å². The summed E-state index contributed by atoms with van der Waals surface area (Å²) >= 11 is 0. The molecule has 0 aliphatic heterocycles. The van der Waals surface area contributed by atoms with Crippen LogP contribution in [0.1, 0.15) is 18.1 Å². The first-order chi connectivity index (χ1) is 15.4. The Labute approximate surface area is 187 Å². The summed E-state index contributed by atoms with van der Waals surface area (Å²) in [5.41, 5.74) is 3.34. The van der Waals surface area contributed by atoms with Crippen LogP contribution in [-0.2, 0) is 9.84 Å². The molecule has 0 unspecified atom stereocenters. The third kappa shape index (κ3) is 4.53. The molecule has 0 atom stereocenters. The molecule has 6 nitrogen and oxygen atoms in total. The molecule has 0 spiro atoms. The fourth-order valence-electron chi connectivity index (χ4n) is 3.23. The minimum atomic E-state index is -3.91. The first-order valence-electron chi connectivity index (χ1n) is 10.3. The maximum absolute atomic E-state index is 13.4. The van der Waals surface area contributed by atoms with Crippen molar-refractivity contribution in [3.05, 3.63) is 83.9 Å². The summed E-state index contributed by atoms with van der Waals surface area (Å²) in [5, 5.41) is 2.91. The highest BCUT2D eigenvalue weighted by atomic mass is 32.2. The van der Waals surface area contributed by atoms with Crippen molar-refractivity contribution in [3.63, 3.8) is 0 Å². The molecule has 1 heterocycles. The van der Waals surface area contributed by atoms with E-state index in [1.807, 2.05) is 45.0 Å². The third-order valence-electron chi connectivity index (χ3n) is 4.87. The molecule has 0 fully saturated rings. The van der Waals surface area contributed by atoms with Gasteiger partial charge in [-0.2, -0.15) is 4.98 Å². The largest absolute Gasteiger partial charge is 0.494 e. The Hall–Kier alpha value is -3.58. The van der Waals surface area contributed by atoms with E-state index in [9.17, 15) is 8.42 Å². The molecule has 32 heavy (non-hydrogen) atoms. The maximum atomic E-state index is 13.4. The quantitative estimate of drug-likeness (QED) is 0.377. The maximum Gasteiger partial charge on any atom is 0.238 e. The number of rotatable bonds is 7. The Morgan fingerprint density at radius 1 is 0.938 bits per heavy atom. The van der Waals surface area contributed by atoms with E-state index in [-0.39, 0.29) is 21.7 Å². The average Bonchev–Trinajstić information content (AvgIpc) is 3.20. The normalized spacial score (nSPS) is 11.3. The second-order valence-electron chi connectivity index (χ2n) is 7.42. The fourth-order valence-corrected chi connectivity index (χ4v) is 4.49. The zero-order chi connectivity index (χ0) is 22.7. The van der Waals surface area contributed by atoms with E-state index in [0.717, 1.165) is 16.9 Å². The van der Waals surface area contributed by atoms with Gasteiger partial charge in [-0.25, -0.2) is 8.42 Å². The van der Waals surface area contributed by atoms with Crippen LogP contribution in [0.5, 0.6) is 5.75 Å². The number of anilines is 2. The number of ether oxygens (including phenoxy) is 1. The number of hydrogen-bond acceptors (Lipinski definition) is 6. The fraction of sp³-hybridized carbons (Fsp3) is 0.160. The summed E-state index contributed by atoms with van der Waals surface area (Å²) in [7, 11) is -3.91. The SMILES string of the molecule is CCOc1ccc(Nc2oc(-c3cccc(C)c3)nc2S(=O)(=O)c2ccc(C)cc2)cc1. The van der Waals surface area contributed by atoms with Crippen molar-refractivity contribution in [3.8, 4) is 17.2 Å². The molecular formula is C25H24N2O4S. The van der Waals surface area contributed by atoms with Gasteiger partial charge in [-0.1, -0.05) is 35.4 Å². The highest BCUT2D eigenvalue weighted by molar-refractivity contribution is 7.91. The number of nitrogens with zero attached hydrogens (tertiary/aromatic N) is 1. The zero-order valence-corrected chi connectivity index (χ0v) is 18.9. The molecule has 0 aliphatic carbocycles. The van der Waals surface area contributed by atoms with Crippen molar-refractivity contribution in [1.82, 2.24) is 4.98 Å². The smallest absolute Gasteiger partial charge is 0.238 e. The minimum absolute atomic E-state index is 0.0613. The van der Waals surface area contributed by atoms with Gasteiger partial charge in [-0.3, -0.25) is 0 Å². The van der Waals surface area contributed by atoms with E-state index in [1.54, 1.807) is 48.5 Å². The van der Waals surface area contributed by atoms with Crippen LogP contribution >= 0.6 is 0 Å². The van der Waals surface area contributed by atoms with Crippen LogP contribution in [0.15, 0.2) is 87.1 Å². The Bertz CT molecular complexity index is 1330. The zero-order valence-electron chi connectivity index (χ0n) is 18.1. The van der Waals surface area contributed by atoms with Crippen LogP contribution in [0, 0.1) is 13.8 Å². The van der Waals surface area contributed by atoms with E-state index >= 15 is 0 Å². The molecule has 4 rings (SSSR count). The first-order valence-corrected chi connectivity index (χ1v) is 11.7. The number of aromatic nitrogens is 1. The molecule has 164 valence electrons. The highest BCUT2D eigenvalue weighted by Crippen LogP contribution is 2.34. The number of aryl methyl sites for hydroxylation is 2. The predicted octanol–water partition coefficient (Wildman–Crippen LogP) is 5.93. The standard InChI is InChI=1S/C25H24N2O4S/c1-4-30-21-12-10-20(11-13-21)26-24-25(32(28,29)22-14-8-17(2)9-15-22)27-23(31-24)19-7-5-6-18(3)16-19/h5-16,26H,4H2,1-3H3. The summed E-state index contributed by atoms with van der Waals surface area (Å²) in [6.07, 6.45) is 0. The Morgan fingerprint density at radius 2 is 1.66 bits per heavy atom. The van der Waals surface area contributed by atoms with Crippen LogP contribution in [0.2, 0.25) is 0 Å². The predicted molar refractivity (Wildman–Crippen MR) is 124 cm³/mol. The van der Waals surface area contributed by atoms with E-state index in [1.165, 1.54) is 0 Å². The van der Waals surface area contributed by atoms with Crippen molar-refractivity contribution in [2.45, 2.75) is 30.7 Å². The van der Waals surface area contributed by atoms with Crippen LogP contribution in [0.25, 0.3) is 11.5 Å². The van der Waals surface area contributed by atoms with Crippen molar-refractivity contribution < 1.29 is 17.6 Å². The second-order valence-corrected chi connectivity index (χ2v) is 9.29. The Balaban J connectivity index is 1.79. The molecular weight excluding hydrogens is 424 g/mol. The van der Waals surface area contributed by atoms with Gasteiger partial charge in [-0.05, 0) is 69.3 Å². The number of sulfone groups is 1. The topological polar surface area (TPSA) is 81.4 Å². The van der Waals surface area contributed by atoms with Gasteiger partial charge in [0.15, 0.2) is 0 Å².